The van der Waals surface area contributed by atoms with E-state index in [9.17, 15) is 25.0 Å². The predicted molar refractivity (Wildman–Crippen MR) is 66.9 cm³/mol. The molecular formula is C11H13N3O5. The van der Waals surface area contributed by atoms with Gasteiger partial charge in [-0.2, -0.15) is 0 Å². The first-order chi connectivity index (χ1) is 8.82. The Labute approximate surface area is 108 Å². The predicted octanol–water partition coefficient (Wildman–Crippen LogP) is 1.89. The van der Waals surface area contributed by atoms with Crippen LogP contribution < -0.4 is 5.32 Å². The van der Waals surface area contributed by atoms with Crippen LogP contribution in [0.5, 0.6) is 0 Å². The smallest absolute Gasteiger partial charge is 0.289 e. The second-order valence-corrected chi connectivity index (χ2v) is 4.32. The van der Waals surface area contributed by atoms with Crippen molar-refractivity contribution in [1.82, 2.24) is 5.32 Å². The molecule has 0 saturated heterocycles. The lowest BCUT2D eigenvalue weighted by Crippen LogP contribution is -2.27. The Morgan fingerprint density at radius 1 is 1.26 bits per heavy atom. The van der Waals surface area contributed by atoms with E-state index in [0.717, 1.165) is 18.2 Å². The van der Waals surface area contributed by atoms with Crippen LogP contribution in [-0.4, -0.2) is 22.3 Å². The number of hydrogen-bond donors (Lipinski definition) is 1. The van der Waals surface area contributed by atoms with E-state index in [1.165, 1.54) is 0 Å². The van der Waals surface area contributed by atoms with Crippen molar-refractivity contribution in [1.29, 1.82) is 0 Å². The van der Waals surface area contributed by atoms with Crippen LogP contribution >= 0.6 is 0 Å². The van der Waals surface area contributed by atoms with Gasteiger partial charge in [0.05, 0.1) is 15.9 Å². The Morgan fingerprint density at radius 2 is 1.89 bits per heavy atom. The fourth-order valence-electron chi connectivity index (χ4n) is 1.37. The molecule has 1 amide bonds. The number of nitrogens with zero attached hydrogens (tertiary/aromatic N) is 2. The summed E-state index contributed by atoms with van der Waals surface area (Å²) in [7, 11) is 0. The molecule has 8 heteroatoms. The van der Waals surface area contributed by atoms with Crippen LogP contribution in [0.1, 0.15) is 24.2 Å². The Bertz CT molecular complexity index is 527. The molecule has 1 aromatic rings. The average molecular weight is 267 g/mol. The van der Waals surface area contributed by atoms with E-state index in [4.69, 9.17) is 0 Å². The van der Waals surface area contributed by atoms with Crippen LogP contribution in [-0.2, 0) is 0 Å². The number of nitro groups is 2. The minimum atomic E-state index is -0.808. The van der Waals surface area contributed by atoms with Crippen molar-refractivity contribution in [2.75, 3.05) is 6.54 Å². The summed E-state index contributed by atoms with van der Waals surface area (Å²) in [4.78, 5) is 31.6. The molecule has 0 aliphatic carbocycles. The second kappa shape index (κ2) is 5.89. The molecule has 0 spiro atoms. The molecule has 0 heterocycles. The third kappa shape index (κ3) is 3.73. The highest BCUT2D eigenvalue weighted by molar-refractivity contribution is 5.98. The maximum absolute atomic E-state index is 11.8. The van der Waals surface area contributed by atoms with Gasteiger partial charge in [0, 0.05) is 12.6 Å². The van der Waals surface area contributed by atoms with E-state index in [0.29, 0.717) is 6.54 Å². The summed E-state index contributed by atoms with van der Waals surface area (Å²) in [5.41, 5.74) is -1.18. The highest BCUT2D eigenvalue weighted by Gasteiger charge is 2.23. The van der Waals surface area contributed by atoms with Gasteiger partial charge in [0.2, 0.25) is 0 Å². The molecule has 1 N–H and O–H groups in total. The number of hydrogen-bond acceptors (Lipinski definition) is 5. The van der Waals surface area contributed by atoms with E-state index in [-0.39, 0.29) is 11.5 Å². The fourth-order valence-corrected chi connectivity index (χ4v) is 1.37. The lowest BCUT2D eigenvalue weighted by Gasteiger charge is -2.07. The topological polar surface area (TPSA) is 115 Å². The summed E-state index contributed by atoms with van der Waals surface area (Å²) in [5, 5.41) is 23.9. The van der Waals surface area contributed by atoms with Gasteiger partial charge in [-0.1, -0.05) is 13.8 Å². The van der Waals surface area contributed by atoms with Gasteiger partial charge in [-0.3, -0.25) is 25.0 Å². The van der Waals surface area contributed by atoms with Crippen molar-refractivity contribution in [3.8, 4) is 0 Å². The van der Waals surface area contributed by atoms with Gasteiger partial charge in [-0.05, 0) is 12.0 Å². The van der Waals surface area contributed by atoms with Crippen molar-refractivity contribution >= 4 is 17.3 Å². The van der Waals surface area contributed by atoms with Crippen LogP contribution in [0.15, 0.2) is 18.2 Å². The lowest BCUT2D eigenvalue weighted by molar-refractivity contribution is -0.394. The summed E-state index contributed by atoms with van der Waals surface area (Å²) < 4.78 is 0. The minimum absolute atomic E-state index is 0.184. The molecule has 0 bridgehead atoms. The monoisotopic (exact) mass is 267 g/mol. The highest BCUT2D eigenvalue weighted by Crippen LogP contribution is 2.24. The van der Waals surface area contributed by atoms with E-state index < -0.39 is 27.1 Å². The third-order valence-electron chi connectivity index (χ3n) is 2.30. The summed E-state index contributed by atoms with van der Waals surface area (Å²) >= 11 is 0. The van der Waals surface area contributed by atoms with Crippen LogP contribution in [0, 0.1) is 26.1 Å². The maximum Gasteiger partial charge on any atom is 0.289 e. The molecule has 0 atom stereocenters. The number of benzene rings is 1. The third-order valence-corrected chi connectivity index (χ3v) is 2.30. The summed E-state index contributed by atoms with van der Waals surface area (Å²) in [6, 6.07) is 2.94. The van der Waals surface area contributed by atoms with Gasteiger partial charge in [0.1, 0.15) is 5.56 Å². The summed E-state index contributed by atoms with van der Waals surface area (Å²) in [5.74, 6) is -0.420. The Balaban J connectivity index is 3.09. The average Bonchev–Trinajstić information content (AvgIpc) is 2.34. The normalized spacial score (nSPS) is 10.3. The molecule has 1 aromatic carbocycles. The first kappa shape index (κ1) is 14.6. The molecular weight excluding hydrogens is 254 g/mol. The number of carbonyl (C=O) groups excluding carboxylic acids is 1. The highest BCUT2D eigenvalue weighted by atomic mass is 16.6. The van der Waals surface area contributed by atoms with Gasteiger partial charge in [-0.15, -0.1) is 0 Å². The van der Waals surface area contributed by atoms with Crippen molar-refractivity contribution in [3.63, 3.8) is 0 Å². The van der Waals surface area contributed by atoms with Crippen LogP contribution in [0.3, 0.4) is 0 Å². The van der Waals surface area contributed by atoms with Crippen LogP contribution in [0.2, 0.25) is 0 Å². The molecule has 102 valence electrons. The zero-order chi connectivity index (χ0) is 14.6. The number of nitrogens with one attached hydrogen (secondary N) is 1. The van der Waals surface area contributed by atoms with E-state index in [1.807, 2.05) is 13.8 Å². The van der Waals surface area contributed by atoms with E-state index >= 15 is 0 Å². The number of nitro benzene ring substituents is 2. The molecule has 0 aromatic heterocycles. The largest absolute Gasteiger partial charge is 0.352 e. The summed E-state index contributed by atoms with van der Waals surface area (Å²) in [6.45, 7) is 4.13. The van der Waals surface area contributed by atoms with E-state index in [2.05, 4.69) is 5.32 Å². The maximum atomic E-state index is 11.8. The lowest BCUT2D eigenvalue weighted by atomic mass is 10.1. The molecule has 0 fully saturated rings. The second-order valence-electron chi connectivity index (χ2n) is 4.32. The van der Waals surface area contributed by atoms with Crippen molar-refractivity contribution in [2.24, 2.45) is 5.92 Å². The Hall–Kier alpha value is -2.51. The number of non-ortho nitro benzene ring substituents is 1. The van der Waals surface area contributed by atoms with Gasteiger partial charge in [0.15, 0.2) is 0 Å². The van der Waals surface area contributed by atoms with Crippen molar-refractivity contribution in [3.05, 3.63) is 44.0 Å². The van der Waals surface area contributed by atoms with Gasteiger partial charge < -0.3 is 5.32 Å². The summed E-state index contributed by atoms with van der Waals surface area (Å²) in [6.07, 6.45) is 0. The van der Waals surface area contributed by atoms with Crippen LogP contribution in [0.25, 0.3) is 0 Å². The van der Waals surface area contributed by atoms with Gasteiger partial charge in [-0.25, -0.2) is 0 Å². The molecule has 8 nitrogen and oxygen atoms in total. The van der Waals surface area contributed by atoms with Gasteiger partial charge >= 0.3 is 0 Å². The van der Waals surface area contributed by atoms with Gasteiger partial charge in [0.25, 0.3) is 17.3 Å². The number of carbonyl (C=O) groups is 1. The first-order valence-corrected chi connectivity index (χ1v) is 5.54. The van der Waals surface area contributed by atoms with Crippen LogP contribution in [0.4, 0.5) is 11.4 Å². The molecule has 0 saturated carbocycles. The van der Waals surface area contributed by atoms with E-state index in [1.54, 1.807) is 0 Å². The minimum Gasteiger partial charge on any atom is -0.352 e. The van der Waals surface area contributed by atoms with Crippen molar-refractivity contribution in [2.45, 2.75) is 13.8 Å². The molecule has 0 unspecified atom stereocenters. The number of amides is 1. The molecule has 0 radical (unpaired) electrons. The Kier molecular flexibility index (Phi) is 4.51. The SMILES string of the molecule is CC(C)CNC(=O)c1ccc([N+](=O)[O-])cc1[N+](=O)[O-]. The molecule has 0 aliphatic heterocycles. The quantitative estimate of drug-likeness (QED) is 0.646. The Morgan fingerprint density at radius 3 is 2.37 bits per heavy atom. The zero-order valence-electron chi connectivity index (χ0n) is 10.5. The molecule has 1 rings (SSSR count). The van der Waals surface area contributed by atoms with Crippen molar-refractivity contribution < 1.29 is 14.6 Å². The first-order valence-electron chi connectivity index (χ1n) is 5.54. The molecule has 19 heavy (non-hydrogen) atoms. The fraction of sp³-hybridized carbons (Fsp3) is 0.364. The zero-order valence-corrected chi connectivity index (χ0v) is 10.5. The number of rotatable bonds is 5. The molecule has 0 aliphatic rings. The standard InChI is InChI=1S/C11H13N3O5/c1-7(2)6-12-11(15)9-4-3-8(13(16)17)5-10(9)14(18)19/h3-5,7H,6H2,1-2H3,(H,12,15).